The van der Waals surface area contributed by atoms with Crippen LogP contribution >= 0.6 is 15.9 Å². The zero-order valence-electron chi connectivity index (χ0n) is 25.7. The first-order chi connectivity index (χ1) is 22.4. The minimum absolute atomic E-state index is 0.0112. The highest BCUT2D eigenvalue weighted by atomic mass is 79.9. The third kappa shape index (κ3) is 5.32. The Bertz CT molecular complexity index is 2190. The summed E-state index contributed by atoms with van der Waals surface area (Å²) >= 11 is 2.95. The number of aromatic nitrogens is 5. The second-order valence-electron chi connectivity index (χ2n) is 12.0. The molecule has 47 heavy (non-hydrogen) atoms. The van der Waals surface area contributed by atoms with Crippen LogP contribution in [0.5, 0.6) is 0 Å². The van der Waals surface area contributed by atoms with E-state index in [1.54, 1.807) is 26.9 Å². The molecule has 2 aromatic carbocycles. The second kappa shape index (κ2) is 11.5. The molecule has 2 aliphatic heterocycles. The number of allylic oxidation sites excluding steroid dienone is 1. The van der Waals surface area contributed by atoms with Crippen LogP contribution in [-0.2, 0) is 32.6 Å². The van der Waals surface area contributed by atoms with Gasteiger partial charge >= 0.3 is 6.18 Å². The number of aliphatic imine (C=N–C) groups is 1. The number of halogens is 4. The molecule has 0 N–H and O–H groups in total. The molecule has 240 valence electrons. The molecule has 3 aromatic heterocycles. The van der Waals surface area contributed by atoms with E-state index in [1.807, 2.05) is 56.6 Å². The Hall–Kier alpha value is -4.78. The van der Waals surface area contributed by atoms with Crippen molar-refractivity contribution < 1.29 is 18.0 Å². The fourth-order valence-corrected chi connectivity index (χ4v) is 6.93. The molecule has 0 aliphatic carbocycles. The molecule has 0 bridgehead atoms. The molecule has 0 spiro atoms. The van der Waals surface area contributed by atoms with Crippen LogP contribution in [0.25, 0.3) is 17.0 Å². The van der Waals surface area contributed by atoms with Crippen LogP contribution in [0.4, 0.5) is 13.2 Å². The Morgan fingerprint density at radius 3 is 2.57 bits per heavy atom. The maximum atomic E-state index is 14.5. The van der Waals surface area contributed by atoms with Crippen LogP contribution in [-0.4, -0.2) is 53.6 Å². The molecule has 0 unspecified atom stereocenters. The minimum Gasteiger partial charge on any atom is -0.330 e. The Morgan fingerprint density at radius 1 is 1.11 bits per heavy atom. The van der Waals surface area contributed by atoms with Crippen LogP contribution in [0.3, 0.4) is 0 Å². The van der Waals surface area contributed by atoms with Gasteiger partial charge in [0.15, 0.2) is 5.82 Å². The fraction of sp³-hybridized carbons (Fsp3) is 0.265. The highest BCUT2D eigenvalue weighted by molar-refractivity contribution is 9.10. The van der Waals surface area contributed by atoms with Crippen molar-refractivity contribution in [2.24, 2.45) is 12.0 Å². The van der Waals surface area contributed by atoms with Gasteiger partial charge in [0.05, 0.1) is 36.2 Å². The molecule has 0 fully saturated rings. The molecule has 0 saturated carbocycles. The summed E-state index contributed by atoms with van der Waals surface area (Å²) in [7, 11) is 1.83. The Labute approximate surface area is 275 Å². The summed E-state index contributed by atoms with van der Waals surface area (Å²) in [6.07, 6.45) is -0.425. The summed E-state index contributed by atoms with van der Waals surface area (Å²) in [6, 6.07) is 14.7. The number of amides is 1. The zero-order valence-corrected chi connectivity index (χ0v) is 27.3. The number of hydrogen-bond acceptors (Lipinski definition) is 5. The van der Waals surface area contributed by atoms with E-state index in [1.165, 1.54) is 17.0 Å². The van der Waals surface area contributed by atoms with Crippen LogP contribution < -0.4 is 5.56 Å². The smallest absolute Gasteiger partial charge is 0.330 e. The molecule has 13 heteroatoms. The number of carbonyl (C=O) groups excluding carboxylic acids is 1. The maximum absolute atomic E-state index is 14.5. The van der Waals surface area contributed by atoms with Crippen LogP contribution in [0.1, 0.15) is 57.8 Å². The van der Waals surface area contributed by atoms with Crippen molar-refractivity contribution in [2.45, 2.75) is 45.5 Å². The van der Waals surface area contributed by atoms with E-state index < -0.39 is 23.7 Å². The molecule has 2 aliphatic rings. The highest BCUT2D eigenvalue weighted by Gasteiger charge is 2.37. The summed E-state index contributed by atoms with van der Waals surface area (Å²) in [5.41, 5.74) is 4.91. The quantitative estimate of drug-likeness (QED) is 0.224. The third-order valence-corrected chi connectivity index (χ3v) is 9.57. The van der Waals surface area contributed by atoms with Gasteiger partial charge in [-0.3, -0.25) is 19.3 Å². The van der Waals surface area contributed by atoms with E-state index in [0.717, 1.165) is 34.0 Å². The molecule has 5 aromatic rings. The monoisotopic (exact) mass is 703 g/mol. The molecule has 5 heterocycles. The highest BCUT2D eigenvalue weighted by Crippen LogP contribution is 2.36. The molecule has 0 radical (unpaired) electrons. The van der Waals surface area contributed by atoms with Gasteiger partial charge in [0.25, 0.3) is 11.5 Å². The average molecular weight is 705 g/mol. The fourth-order valence-electron chi connectivity index (χ4n) is 6.45. The normalized spacial score (nSPS) is 16.4. The van der Waals surface area contributed by atoms with Gasteiger partial charge in [-0.2, -0.15) is 23.4 Å². The zero-order chi connectivity index (χ0) is 33.2. The van der Waals surface area contributed by atoms with Crippen molar-refractivity contribution in [3.63, 3.8) is 0 Å². The standard InChI is InChI=1S/C34H29BrF3N7O2/c1-19-15-39-17-25(19)28-14-30(41-42(28)3)44-31-23(12-21-7-5-4-6-8-21)16-40-45(31)29-18-43(20(2)11-24(29)33(44)47)32(46)22-9-10-27(35)26(13-22)34(36,37)38/h4-10,13-16,20H,11-12,17-18H2,1-3H3/t20-/m0/s1. The van der Waals surface area contributed by atoms with Gasteiger partial charge in [-0.1, -0.05) is 46.3 Å². The Balaban J connectivity index is 1.38. The first-order valence-electron chi connectivity index (χ1n) is 15.0. The van der Waals surface area contributed by atoms with Gasteiger partial charge in [0.1, 0.15) is 5.65 Å². The third-order valence-electron chi connectivity index (χ3n) is 8.88. The van der Waals surface area contributed by atoms with Crippen molar-refractivity contribution in [2.75, 3.05) is 6.54 Å². The number of hydrogen-bond donors (Lipinski definition) is 0. The molecule has 0 saturated heterocycles. The summed E-state index contributed by atoms with van der Waals surface area (Å²) in [5, 5.41) is 9.50. The van der Waals surface area contributed by atoms with Crippen molar-refractivity contribution in [1.82, 2.24) is 28.9 Å². The number of nitrogens with zero attached hydrogens (tertiary/aromatic N) is 7. The summed E-state index contributed by atoms with van der Waals surface area (Å²) in [4.78, 5) is 34.2. The van der Waals surface area contributed by atoms with Crippen molar-refractivity contribution in [3.8, 4) is 5.82 Å². The first kappa shape index (κ1) is 30.9. The van der Waals surface area contributed by atoms with Crippen molar-refractivity contribution in [1.29, 1.82) is 0 Å². The lowest BCUT2D eigenvalue weighted by Gasteiger charge is -2.35. The second-order valence-corrected chi connectivity index (χ2v) is 12.8. The average Bonchev–Trinajstić information content (AvgIpc) is 3.75. The Kier molecular flexibility index (Phi) is 7.53. The van der Waals surface area contributed by atoms with E-state index in [2.05, 4.69) is 20.9 Å². The Morgan fingerprint density at radius 2 is 1.87 bits per heavy atom. The lowest BCUT2D eigenvalue weighted by atomic mass is 9.98. The lowest BCUT2D eigenvalue weighted by molar-refractivity contribution is -0.138. The SMILES string of the molecule is CC1=C(c2cc(-n3c(=O)c4c(n5ncc(Cc6ccccc6)c35)CN(C(=O)c3ccc(Br)c(C(F)(F)F)c3)[C@@H](C)C4)nn2C)CN=C1. The van der Waals surface area contributed by atoms with Crippen LogP contribution in [0.2, 0.25) is 0 Å². The predicted octanol–water partition coefficient (Wildman–Crippen LogP) is 6.04. The van der Waals surface area contributed by atoms with Gasteiger partial charge < -0.3 is 4.90 Å². The number of fused-ring (bicyclic) bond motifs is 3. The van der Waals surface area contributed by atoms with Crippen molar-refractivity contribution >= 4 is 39.3 Å². The van der Waals surface area contributed by atoms with Gasteiger partial charge in [-0.05, 0) is 49.6 Å². The number of alkyl halides is 3. The van der Waals surface area contributed by atoms with E-state index in [9.17, 15) is 22.8 Å². The van der Waals surface area contributed by atoms with E-state index >= 15 is 0 Å². The summed E-state index contributed by atoms with van der Waals surface area (Å²) in [5.74, 6) is -0.130. The summed E-state index contributed by atoms with van der Waals surface area (Å²) < 4.78 is 45.9. The number of carbonyl (C=O) groups is 1. The maximum Gasteiger partial charge on any atom is 0.417 e. The molecular weight excluding hydrogens is 675 g/mol. The van der Waals surface area contributed by atoms with Gasteiger partial charge in [-0.15, -0.1) is 0 Å². The molecule has 9 nitrogen and oxygen atoms in total. The topological polar surface area (TPSA) is 89.8 Å². The molecule has 1 atom stereocenters. The van der Waals surface area contributed by atoms with Crippen LogP contribution in [0, 0.1) is 0 Å². The molecular formula is C34H29BrF3N7O2. The lowest BCUT2D eigenvalue weighted by Crippen LogP contribution is -2.46. The minimum atomic E-state index is -4.64. The van der Waals surface area contributed by atoms with Gasteiger partial charge in [0.2, 0.25) is 0 Å². The summed E-state index contributed by atoms with van der Waals surface area (Å²) in [6.45, 7) is 4.29. The van der Waals surface area contributed by atoms with Crippen LogP contribution in [0.15, 0.2) is 80.6 Å². The van der Waals surface area contributed by atoms with Gasteiger partial charge in [0, 0.05) is 58.5 Å². The van der Waals surface area contributed by atoms with E-state index in [-0.39, 0.29) is 28.6 Å². The first-order valence-corrected chi connectivity index (χ1v) is 15.8. The largest absolute Gasteiger partial charge is 0.417 e. The van der Waals surface area contributed by atoms with Crippen molar-refractivity contribution in [3.05, 3.63) is 120 Å². The molecule has 1 amide bonds. The number of aryl methyl sites for hydroxylation is 1. The predicted molar refractivity (Wildman–Crippen MR) is 175 cm³/mol. The number of benzene rings is 2. The number of rotatable bonds is 5. The molecule has 7 rings (SSSR count). The van der Waals surface area contributed by atoms with E-state index in [4.69, 9.17) is 10.2 Å². The van der Waals surface area contributed by atoms with E-state index in [0.29, 0.717) is 35.7 Å². The van der Waals surface area contributed by atoms with Gasteiger partial charge in [-0.25, -0.2) is 9.08 Å².